The van der Waals surface area contributed by atoms with Crippen molar-refractivity contribution >= 4 is 5.69 Å². The Bertz CT molecular complexity index is 253. The Morgan fingerprint density at radius 2 is 2.00 bits per heavy atom. The van der Waals surface area contributed by atoms with Crippen molar-refractivity contribution in [1.29, 1.82) is 0 Å². The summed E-state index contributed by atoms with van der Waals surface area (Å²) in [5.41, 5.74) is 0.390. The van der Waals surface area contributed by atoms with Crippen LogP contribution >= 0.6 is 0 Å². The normalized spacial score (nSPS) is 8.73. The first kappa shape index (κ1) is 7.47. The lowest BCUT2D eigenvalue weighted by Crippen LogP contribution is -1.77. The molecular weight excluding hydrogens is 142 g/mol. The first-order valence-electron chi connectivity index (χ1n) is 3.08. The average Bonchev–Trinajstić information content (AvgIpc) is 2.07. The van der Waals surface area contributed by atoms with E-state index in [1.165, 1.54) is 6.26 Å². The molecule has 0 aliphatic rings. The van der Waals surface area contributed by atoms with Crippen LogP contribution in [-0.2, 0) is 0 Å². The molecule has 1 rings (SSSR count). The van der Waals surface area contributed by atoms with E-state index in [0.29, 0.717) is 11.4 Å². The summed E-state index contributed by atoms with van der Waals surface area (Å²) < 4.78 is 4.93. The minimum Gasteiger partial charge on any atom is -0.466 e. The second-order valence-corrected chi connectivity index (χ2v) is 1.87. The predicted molar refractivity (Wildman–Crippen MR) is 42.7 cm³/mol. The van der Waals surface area contributed by atoms with Gasteiger partial charge >= 0.3 is 0 Å². The van der Waals surface area contributed by atoms with Gasteiger partial charge in [-0.1, -0.05) is 6.58 Å². The van der Waals surface area contributed by atoms with Gasteiger partial charge in [-0.25, -0.2) is 0 Å². The fourth-order valence-electron chi connectivity index (χ4n) is 0.682. The maximum Gasteiger partial charge on any atom is 0.126 e. The molecule has 0 heterocycles. The summed E-state index contributed by atoms with van der Waals surface area (Å²) in [7, 11) is 0. The summed E-state index contributed by atoms with van der Waals surface area (Å²) in [6.07, 6.45) is 1.32. The topological polar surface area (TPSA) is 38.7 Å². The van der Waals surface area contributed by atoms with Crippen molar-refractivity contribution in [3.05, 3.63) is 42.0 Å². The van der Waals surface area contributed by atoms with Gasteiger partial charge in [0.15, 0.2) is 0 Å². The Balaban J connectivity index is 2.81. The maximum atomic E-state index is 9.96. The quantitative estimate of drug-likeness (QED) is 0.489. The molecule has 0 saturated heterocycles. The molecule has 0 bridgehead atoms. The molecule has 0 spiro atoms. The number of hydrogen-bond donors (Lipinski definition) is 0. The number of ether oxygens (including phenoxy) is 1. The lowest BCUT2D eigenvalue weighted by Gasteiger charge is -1.96. The van der Waals surface area contributed by atoms with Crippen LogP contribution in [0.1, 0.15) is 0 Å². The summed E-state index contributed by atoms with van der Waals surface area (Å²) in [4.78, 5) is 9.96. The van der Waals surface area contributed by atoms with Gasteiger partial charge in [-0.15, -0.1) is 4.91 Å². The minimum atomic E-state index is 0.390. The van der Waals surface area contributed by atoms with Gasteiger partial charge in [0.25, 0.3) is 0 Å². The molecule has 0 aliphatic heterocycles. The van der Waals surface area contributed by atoms with Crippen molar-refractivity contribution in [1.82, 2.24) is 0 Å². The van der Waals surface area contributed by atoms with Crippen molar-refractivity contribution < 1.29 is 4.74 Å². The van der Waals surface area contributed by atoms with Crippen molar-refractivity contribution in [2.75, 3.05) is 0 Å². The zero-order chi connectivity index (χ0) is 8.10. The van der Waals surface area contributed by atoms with E-state index in [4.69, 9.17) is 4.74 Å². The van der Waals surface area contributed by atoms with E-state index in [-0.39, 0.29) is 0 Å². The van der Waals surface area contributed by atoms with Gasteiger partial charge in [-0.2, -0.15) is 0 Å². The highest BCUT2D eigenvalue weighted by molar-refractivity contribution is 5.40. The molecule has 3 heteroatoms. The third kappa shape index (κ3) is 1.89. The molecule has 0 radical (unpaired) electrons. The monoisotopic (exact) mass is 149 g/mol. The molecule has 0 fully saturated rings. The van der Waals surface area contributed by atoms with Crippen molar-refractivity contribution in [2.24, 2.45) is 5.18 Å². The molecule has 0 N–H and O–H groups in total. The van der Waals surface area contributed by atoms with E-state index >= 15 is 0 Å². The lowest BCUT2D eigenvalue weighted by atomic mass is 10.3. The number of benzene rings is 1. The van der Waals surface area contributed by atoms with Gasteiger partial charge in [-0.05, 0) is 29.4 Å². The molecule has 0 aromatic heterocycles. The first-order valence-corrected chi connectivity index (χ1v) is 3.08. The van der Waals surface area contributed by atoms with Crippen LogP contribution in [0.15, 0.2) is 42.3 Å². The van der Waals surface area contributed by atoms with Gasteiger partial charge in [-0.3, -0.25) is 0 Å². The number of nitroso groups, excluding NO2 is 1. The summed E-state index contributed by atoms with van der Waals surface area (Å²) >= 11 is 0. The molecule has 1 aromatic carbocycles. The zero-order valence-corrected chi connectivity index (χ0v) is 5.86. The van der Waals surface area contributed by atoms with Crippen LogP contribution in [0.5, 0.6) is 5.75 Å². The van der Waals surface area contributed by atoms with E-state index in [1.54, 1.807) is 24.3 Å². The van der Waals surface area contributed by atoms with Crippen LogP contribution in [0, 0.1) is 4.91 Å². The number of rotatable bonds is 3. The highest BCUT2D eigenvalue weighted by Crippen LogP contribution is 2.17. The van der Waals surface area contributed by atoms with E-state index in [2.05, 4.69) is 11.8 Å². The molecule has 11 heavy (non-hydrogen) atoms. The second-order valence-electron chi connectivity index (χ2n) is 1.87. The first-order chi connectivity index (χ1) is 5.36. The maximum absolute atomic E-state index is 9.96. The van der Waals surface area contributed by atoms with Crippen molar-refractivity contribution in [3.8, 4) is 5.75 Å². The third-order valence-electron chi connectivity index (χ3n) is 1.16. The fraction of sp³-hybridized carbons (Fsp3) is 0. The summed E-state index contributed by atoms with van der Waals surface area (Å²) in [6, 6.07) is 6.45. The van der Waals surface area contributed by atoms with Gasteiger partial charge in [0, 0.05) is 0 Å². The van der Waals surface area contributed by atoms with Gasteiger partial charge in [0.1, 0.15) is 11.4 Å². The van der Waals surface area contributed by atoms with Crippen LogP contribution in [-0.4, -0.2) is 0 Å². The van der Waals surface area contributed by atoms with Crippen LogP contribution in [0.25, 0.3) is 0 Å². The molecule has 3 nitrogen and oxygen atoms in total. The predicted octanol–water partition coefficient (Wildman–Crippen LogP) is 2.61. The molecule has 1 aromatic rings. The Kier molecular flexibility index (Phi) is 2.38. The molecule has 0 atom stereocenters. The van der Waals surface area contributed by atoms with E-state index in [9.17, 15) is 4.91 Å². The Hall–Kier alpha value is -1.64. The van der Waals surface area contributed by atoms with Crippen molar-refractivity contribution in [2.45, 2.75) is 0 Å². The van der Waals surface area contributed by atoms with Crippen LogP contribution in [0.2, 0.25) is 0 Å². The number of hydrogen-bond acceptors (Lipinski definition) is 3. The number of nitrogens with zero attached hydrogens (tertiary/aromatic N) is 1. The van der Waals surface area contributed by atoms with Crippen LogP contribution in [0.3, 0.4) is 0 Å². The molecule has 0 aliphatic carbocycles. The average molecular weight is 149 g/mol. The van der Waals surface area contributed by atoms with E-state index in [1.807, 2.05) is 0 Å². The van der Waals surface area contributed by atoms with E-state index in [0.717, 1.165) is 0 Å². The molecular formula is C8H7NO2. The summed E-state index contributed by atoms with van der Waals surface area (Å²) in [6.45, 7) is 3.39. The molecule has 0 saturated carbocycles. The molecule has 0 unspecified atom stereocenters. The third-order valence-corrected chi connectivity index (χ3v) is 1.16. The minimum absolute atomic E-state index is 0.390. The smallest absolute Gasteiger partial charge is 0.126 e. The van der Waals surface area contributed by atoms with Crippen LogP contribution < -0.4 is 4.74 Å². The molecule has 56 valence electrons. The molecule has 0 amide bonds. The van der Waals surface area contributed by atoms with Crippen molar-refractivity contribution in [3.63, 3.8) is 0 Å². The Morgan fingerprint density at radius 3 is 2.45 bits per heavy atom. The summed E-state index contributed by atoms with van der Waals surface area (Å²) in [5.74, 6) is 0.646. The highest BCUT2D eigenvalue weighted by Gasteiger charge is 1.91. The standard InChI is InChI=1S/C8H7NO2/c1-2-11-8-5-3-7(9-10)4-6-8/h2-6H,1H2. The zero-order valence-electron chi connectivity index (χ0n) is 5.86. The van der Waals surface area contributed by atoms with Gasteiger partial charge in [0.05, 0.1) is 6.26 Å². The highest BCUT2D eigenvalue weighted by atomic mass is 16.5. The fourth-order valence-corrected chi connectivity index (χ4v) is 0.682. The lowest BCUT2D eigenvalue weighted by molar-refractivity contribution is 0.483. The summed E-state index contributed by atoms with van der Waals surface area (Å²) in [5, 5.41) is 2.74. The van der Waals surface area contributed by atoms with Crippen LogP contribution in [0.4, 0.5) is 5.69 Å². The van der Waals surface area contributed by atoms with Gasteiger partial charge < -0.3 is 4.74 Å². The second kappa shape index (κ2) is 3.51. The Labute approximate surface area is 64.3 Å². The largest absolute Gasteiger partial charge is 0.466 e. The van der Waals surface area contributed by atoms with Gasteiger partial charge in [0.2, 0.25) is 0 Å². The Morgan fingerprint density at radius 1 is 1.36 bits per heavy atom. The van der Waals surface area contributed by atoms with E-state index < -0.39 is 0 Å². The SMILES string of the molecule is C=COc1ccc(N=O)cc1.